The van der Waals surface area contributed by atoms with Crippen LogP contribution >= 0.6 is 0 Å². The third kappa shape index (κ3) is 0.886. The molecular weight excluding hydrogens is 104 g/mol. The molecule has 0 N–H and O–H groups in total. The van der Waals surface area contributed by atoms with E-state index in [9.17, 15) is 4.79 Å². The third-order valence-electron chi connectivity index (χ3n) is 0.984. The van der Waals surface area contributed by atoms with Gasteiger partial charge in [-0.2, -0.15) is 0 Å². The topological polar surface area (TPSA) is 26.3 Å². The quantitative estimate of drug-likeness (QED) is 0.435. The van der Waals surface area contributed by atoms with Gasteiger partial charge in [-0.05, 0) is 19.9 Å². The number of cyclic esters (lactones) is 1. The van der Waals surface area contributed by atoms with Gasteiger partial charge in [-0.1, -0.05) is 0 Å². The number of carbonyl (C=O) groups excluding carboxylic acids is 1. The van der Waals surface area contributed by atoms with Gasteiger partial charge in [0.25, 0.3) is 0 Å². The molecule has 0 aliphatic carbocycles. The minimum Gasteiger partial charge on any atom is -0.452 e. The van der Waals surface area contributed by atoms with Gasteiger partial charge in [-0.15, -0.1) is 0 Å². The van der Waals surface area contributed by atoms with Crippen molar-refractivity contribution in [3.63, 3.8) is 0 Å². The molecule has 1 aliphatic rings. The summed E-state index contributed by atoms with van der Waals surface area (Å²) in [6, 6.07) is 0. The van der Waals surface area contributed by atoms with Gasteiger partial charge in [0.05, 0.1) is 0 Å². The predicted octanol–water partition coefficient (Wildman–Crippen LogP) is 0.878. The first-order valence-corrected chi connectivity index (χ1v) is 2.52. The third-order valence-corrected chi connectivity index (χ3v) is 0.984. The second-order valence-electron chi connectivity index (χ2n) is 2.36. The maximum Gasteiger partial charge on any atom is 0.331 e. The van der Waals surface area contributed by atoms with E-state index in [0.717, 1.165) is 0 Å². The molecule has 44 valence electrons. The highest BCUT2D eigenvalue weighted by molar-refractivity contribution is 5.85. The first kappa shape index (κ1) is 5.35. The summed E-state index contributed by atoms with van der Waals surface area (Å²) in [6.45, 7) is 3.68. The van der Waals surface area contributed by atoms with Gasteiger partial charge in [0.1, 0.15) is 5.60 Å². The number of carbonyl (C=O) groups is 1. The summed E-state index contributed by atoms with van der Waals surface area (Å²) in [5, 5.41) is 0. The zero-order chi connectivity index (χ0) is 6.20. The van der Waals surface area contributed by atoms with E-state index in [1.807, 2.05) is 13.8 Å². The smallest absolute Gasteiger partial charge is 0.331 e. The Morgan fingerprint density at radius 3 is 2.38 bits per heavy atom. The highest BCUT2D eigenvalue weighted by atomic mass is 16.6. The van der Waals surface area contributed by atoms with E-state index in [-0.39, 0.29) is 11.6 Å². The first-order chi connectivity index (χ1) is 3.60. The van der Waals surface area contributed by atoms with Crippen LogP contribution < -0.4 is 0 Å². The van der Waals surface area contributed by atoms with Gasteiger partial charge in [0.15, 0.2) is 0 Å². The Kier molecular flexibility index (Phi) is 0.897. The molecule has 0 amide bonds. The first-order valence-electron chi connectivity index (χ1n) is 2.52. The van der Waals surface area contributed by atoms with Crippen molar-refractivity contribution in [3.05, 3.63) is 12.2 Å². The molecule has 1 heterocycles. The number of rotatable bonds is 0. The zero-order valence-electron chi connectivity index (χ0n) is 4.97. The lowest BCUT2D eigenvalue weighted by Crippen LogP contribution is -2.17. The summed E-state index contributed by atoms with van der Waals surface area (Å²) in [4.78, 5) is 10.3. The van der Waals surface area contributed by atoms with Gasteiger partial charge in [-0.25, -0.2) is 4.79 Å². The van der Waals surface area contributed by atoms with Crippen LogP contribution in [0.2, 0.25) is 0 Å². The second-order valence-corrected chi connectivity index (χ2v) is 2.36. The Morgan fingerprint density at radius 2 is 2.25 bits per heavy atom. The molecule has 8 heavy (non-hydrogen) atoms. The molecule has 0 aromatic heterocycles. The molecule has 0 aromatic carbocycles. The molecule has 2 nitrogen and oxygen atoms in total. The molecule has 0 aromatic rings. The summed E-state index contributed by atoms with van der Waals surface area (Å²) in [7, 11) is 0. The largest absolute Gasteiger partial charge is 0.452 e. The summed E-state index contributed by atoms with van der Waals surface area (Å²) in [5.41, 5.74) is -0.364. The molecule has 0 saturated heterocycles. The molecule has 1 rings (SSSR count). The van der Waals surface area contributed by atoms with Crippen LogP contribution in [-0.4, -0.2) is 11.6 Å². The van der Waals surface area contributed by atoms with Gasteiger partial charge >= 0.3 is 5.97 Å². The van der Waals surface area contributed by atoms with E-state index in [1.54, 1.807) is 6.08 Å². The molecule has 2 heteroatoms. The molecule has 0 unspecified atom stereocenters. The lowest BCUT2D eigenvalue weighted by atomic mass is 10.1. The normalized spacial score (nSPS) is 23.5. The Hall–Kier alpha value is -0.790. The van der Waals surface area contributed by atoms with Gasteiger partial charge in [0.2, 0.25) is 0 Å². The van der Waals surface area contributed by atoms with E-state index >= 15 is 0 Å². The van der Waals surface area contributed by atoms with Crippen LogP contribution in [0.25, 0.3) is 0 Å². The SMILES string of the molecule is CC1(C)C=CC(=O)O1. The maximum absolute atomic E-state index is 10.3. The van der Waals surface area contributed by atoms with Crippen molar-refractivity contribution < 1.29 is 9.53 Å². The van der Waals surface area contributed by atoms with E-state index in [4.69, 9.17) is 4.74 Å². The monoisotopic (exact) mass is 112 g/mol. The van der Waals surface area contributed by atoms with Crippen LogP contribution in [0.15, 0.2) is 12.2 Å². The molecule has 1 aliphatic heterocycles. The van der Waals surface area contributed by atoms with Gasteiger partial charge in [0, 0.05) is 6.08 Å². The van der Waals surface area contributed by atoms with Gasteiger partial charge < -0.3 is 4.74 Å². The van der Waals surface area contributed by atoms with Crippen LogP contribution in [0.3, 0.4) is 0 Å². The van der Waals surface area contributed by atoms with Crippen molar-refractivity contribution >= 4 is 5.97 Å². The molecule has 0 radical (unpaired) electrons. The van der Waals surface area contributed by atoms with E-state index < -0.39 is 0 Å². The van der Waals surface area contributed by atoms with Crippen molar-refractivity contribution in [2.75, 3.05) is 0 Å². The minimum absolute atomic E-state index is 0.241. The van der Waals surface area contributed by atoms with Crippen LogP contribution in [0.5, 0.6) is 0 Å². The fourth-order valence-electron chi connectivity index (χ4n) is 0.596. The summed E-state index contributed by atoms with van der Waals surface area (Å²) < 4.78 is 4.80. The van der Waals surface area contributed by atoms with Crippen molar-refractivity contribution in [1.29, 1.82) is 0 Å². The van der Waals surface area contributed by atoms with E-state index in [1.165, 1.54) is 6.08 Å². The van der Waals surface area contributed by atoms with E-state index in [2.05, 4.69) is 0 Å². The van der Waals surface area contributed by atoms with Crippen LogP contribution in [0.1, 0.15) is 13.8 Å². The molecule has 0 saturated carbocycles. The van der Waals surface area contributed by atoms with Crippen molar-refractivity contribution in [2.24, 2.45) is 0 Å². The molecule has 0 fully saturated rings. The average Bonchev–Trinajstić information content (AvgIpc) is 1.82. The lowest BCUT2D eigenvalue weighted by molar-refractivity contribution is -0.143. The summed E-state index contributed by atoms with van der Waals surface area (Å²) in [6.07, 6.45) is 3.19. The highest BCUT2D eigenvalue weighted by Gasteiger charge is 2.23. The summed E-state index contributed by atoms with van der Waals surface area (Å²) >= 11 is 0. The Bertz CT molecular complexity index is 145. The second kappa shape index (κ2) is 1.34. The molecule has 0 bridgehead atoms. The van der Waals surface area contributed by atoms with Crippen LogP contribution in [0.4, 0.5) is 0 Å². The van der Waals surface area contributed by atoms with E-state index in [0.29, 0.717) is 0 Å². The Balaban J connectivity index is 2.72. The average molecular weight is 112 g/mol. The molecule has 0 atom stereocenters. The predicted molar refractivity (Wildman–Crippen MR) is 29.3 cm³/mol. The zero-order valence-corrected chi connectivity index (χ0v) is 4.97. The number of ether oxygens (including phenoxy) is 1. The standard InChI is InChI=1S/C6H8O2/c1-6(2)4-3-5(7)8-6/h3-4H,1-2H3. The maximum atomic E-state index is 10.3. The van der Waals surface area contributed by atoms with Crippen LogP contribution in [-0.2, 0) is 9.53 Å². The highest BCUT2D eigenvalue weighted by Crippen LogP contribution is 2.16. The number of esters is 1. The fourth-order valence-corrected chi connectivity index (χ4v) is 0.596. The van der Waals surface area contributed by atoms with Crippen molar-refractivity contribution in [2.45, 2.75) is 19.4 Å². The fraction of sp³-hybridized carbons (Fsp3) is 0.500. The minimum atomic E-state index is -0.364. The van der Waals surface area contributed by atoms with Crippen molar-refractivity contribution in [3.8, 4) is 0 Å². The summed E-state index contributed by atoms with van der Waals surface area (Å²) in [5.74, 6) is -0.241. The number of hydrogen-bond donors (Lipinski definition) is 0. The van der Waals surface area contributed by atoms with Crippen LogP contribution in [0, 0.1) is 0 Å². The molecular formula is C6H8O2. The lowest BCUT2D eigenvalue weighted by Gasteiger charge is -2.12. The Labute approximate surface area is 48.1 Å². The molecule has 0 spiro atoms. The number of hydrogen-bond acceptors (Lipinski definition) is 2. The Morgan fingerprint density at radius 1 is 1.62 bits per heavy atom. The van der Waals surface area contributed by atoms with Crippen molar-refractivity contribution in [1.82, 2.24) is 0 Å². The van der Waals surface area contributed by atoms with Gasteiger partial charge in [-0.3, -0.25) is 0 Å².